The van der Waals surface area contributed by atoms with Gasteiger partial charge in [-0.15, -0.1) is 0 Å². The molecule has 0 spiro atoms. The van der Waals surface area contributed by atoms with Gasteiger partial charge in [0.15, 0.2) is 0 Å². The van der Waals surface area contributed by atoms with Crippen molar-refractivity contribution in [3.8, 4) is 0 Å². The second kappa shape index (κ2) is 13.5. The summed E-state index contributed by atoms with van der Waals surface area (Å²) < 4.78 is 30.4. The summed E-state index contributed by atoms with van der Waals surface area (Å²) in [6, 6.07) is 13.8. The molecule has 0 radical (unpaired) electrons. The quantitative estimate of drug-likeness (QED) is 0.298. The molecule has 0 bridgehead atoms. The topological polar surface area (TPSA) is 97.1 Å². The Bertz CT molecular complexity index is 1110. The number of thioether (sulfide) groups is 2. The number of rotatable bonds is 14. The van der Waals surface area contributed by atoms with Gasteiger partial charge in [-0.1, -0.05) is 35.0 Å². The average Bonchev–Trinajstić information content (AvgIpc) is 3.33. The van der Waals surface area contributed by atoms with E-state index in [-0.39, 0.29) is 4.90 Å². The number of benzene rings is 1. The minimum atomic E-state index is -3.58. The van der Waals surface area contributed by atoms with Crippen molar-refractivity contribution in [1.82, 2.24) is 20.8 Å². The summed E-state index contributed by atoms with van der Waals surface area (Å²) >= 11 is 9.50. The number of nitrogens with zero attached hydrogens (tertiary/aromatic N) is 2. The zero-order chi connectivity index (χ0) is 23.4. The number of hydrogen-bond acceptors (Lipinski definition) is 9. The molecule has 0 atom stereocenters. The van der Waals surface area contributed by atoms with Gasteiger partial charge in [0.2, 0.25) is 9.84 Å². The molecule has 3 aromatic rings. The molecule has 33 heavy (non-hydrogen) atoms. The van der Waals surface area contributed by atoms with Crippen LogP contribution in [0.5, 0.6) is 0 Å². The first-order valence-corrected chi connectivity index (χ1v) is 14.4. The zero-order valence-electron chi connectivity index (χ0n) is 17.8. The van der Waals surface area contributed by atoms with Crippen molar-refractivity contribution < 1.29 is 12.9 Å². The van der Waals surface area contributed by atoms with Crippen LogP contribution in [-0.4, -0.2) is 43.2 Å². The molecule has 2 N–H and O–H groups in total. The van der Waals surface area contributed by atoms with E-state index in [1.807, 2.05) is 12.1 Å². The first-order chi connectivity index (χ1) is 16.0. The summed E-state index contributed by atoms with van der Waals surface area (Å²) in [6.45, 7) is 1.19. The molecule has 3 rings (SSSR count). The van der Waals surface area contributed by atoms with Crippen LogP contribution in [0.1, 0.15) is 11.4 Å². The largest absolute Gasteiger partial charge is 0.370 e. The van der Waals surface area contributed by atoms with Crippen LogP contribution >= 0.6 is 35.1 Å². The van der Waals surface area contributed by atoms with Crippen molar-refractivity contribution in [3.05, 3.63) is 88.6 Å². The van der Waals surface area contributed by atoms with Gasteiger partial charge in [0.05, 0.1) is 26.7 Å². The Kier molecular flexibility index (Phi) is 10.5. The standard InChI is InChI=1S/C22H25ClN4O3S3/c23-20-7-4-9-24-21(20)16-32-14-11-26-22(17-33(28,29)19-5-2-1-3-6-19)25-10-13-31-15-18-8-12-30-27-18/h1-9,12,17,25-26H,10-11,13-16H2/b22-17+. The molecule has 0 amide bonds. The SMILES string of the molecule is O=S(=O)(/C=C(\NCCSCc1ccon1)NCCSCc1ncccc1Cl)c1ccccc1. The number of aromatic nitrogens is 2. The fraction of sp³-hybridized carbons (Fsp3) is 0.273. The molecule has 0 saturated heterocycles. The van der Waals surface area contributed by atoms with Crippen molar-refractivity contribution in [2.75, 3.05) is 24.6 Å². The van der Waals surface area contributed by atoms with Crippen LogP contribution in [0, 0.1) is 0 Å². The van der Waals surface area contributed by atoms with Gasteiger partial charge in [0, 0.05) is 48.4 Å². The summed E-state index contributed by atoms with van der Waals surface area (Å²) in [5.41, 5.74) is 1.72. The summed E-state index contributed by atoms with van der Waals surface area (Å²) in [5, 5.41) is 12.2. The van der Waals surface area contributed by atoms with Gasteiger partial charge in [-0.3, -0.25) is 4.98 Å². The lowest BCUT2D eigenvalue weighted by molar-refractivity contribution is 0.414. The second-order valence-corrected chi connectivity index (χ2v) is 11.2. The van der Waals surface area contributed by atoms with Crippen LogP contribution in [0.2, 0.25) is 5.02 Å². The van der Waals surface area contributed by atoms with E-state index in [0.29, 0.717) is 29.7 Å². The van der Waals surface area contributed by atoms with Gasteiger partial charge in [0.1, 0.15) is 12.1 Å². The maximum absolute atomic E-state index is 12.8. The van der Waals surface area contributed by atoms with Gasteiger partial charge in [0.25, 0.3) is 0 Å². The number of halogens is 1. The zero-order valence-corrected chi connectivity index (χ0v) is 21.0. The van der Waals surface area contributed by atoms with Crippen molar-refractivity contribution in [2.24, 2.45) is 0 Å². The molecule has 176 valence electrons. The maximum atomic E-state index is 12.8. The number of hydrogen-bond donors (Lipinski definition) is 2. The van der Waals surface area contributed by atoms with Crippen LogP contribution in [0.15, 0.2) is 81.6 Å². The Labute approximate surface area is 207 Å². The first kappa shape index (κ1) is 25.5. The second-order valence-electron chi connectivity index (χ2n) is 6.77. The van der Waals surface area contributed by atoms with E-state index >= 15 is 0 Å². The fourth-order valence-electron chi connectivity index (χ4n) is 2.68. The molecule has 0 aliphatic heterocycles. The molecule has 1 aromatic carbocycles. The van der Waals surface area contributed by atoms with Crippen LogP contribution in [0.25, 0.3) is 0 Å². The third kappa shape index (κ3) is 8.96. The third-order valence-corrected chi connectivity index (χ3v) is 8.07. The van der Waals surface area contributed by atoms with Crippen molar-refractivity contribution in [1.29, 1.82) is 0 Å². The highest BCUT2D eigenvalue weighted by Crippen LogP contribution is 2.18. The van der Waals surface area contributed by atoms with E-state index < -0.39 is 9.84 Å². The van der Waals surface area contributed by atoms with E-state index in [4.69, 9.17) is 16.1 Å². The van der Waals surface area contributed by atoms with Gasteiger partial charge in [-0.2, -0.15) is 23.5 Å². The predicted molar refractivity (Wildman–Crippen MR) is 136 cm³/mol. The van der Waals surface area contributed by atoms with Gasteiger partial charge in [-0.05, 0) is 24.3 Å². The van der Waals surface area contributed by atoms with Crippen molar-refractivity contribution in [3.63, 3.8) is 0 Å². The normalized spacial score (nSPS) is 12.0. The minimum absolute atomic E-state index is 0.255. The number of pyridine rings is 1. The smallest absolute Gasteiger partial charge is 0.203 e. The summed E-state index contributed by atoms with van der Waals surface area (Å²) in [6.07, 6.45) is 3.27. The fourth-order valence-corrected chi connectivity index (χ4v) is 5.66. The summed E-state index contributed by atoms with van der Waals surface area (Å²) in [7, 11) is -3.58. The Balaban J connectivity index is 1.52. The molecular formula is C22H25ClN4O3S3. The molecule has 0 aliphatic rings. The highest BCUT2D eigenvalue weighted by molar-refractivity contribution is 7.98. The molecule has 7 nitrogen and oxygen atoms in total. The van der Waals surface area contributed by atoms with Crippen LogP contribution in [0.3, 0.4) is 0 Å². The monoisotopic (exact) mass is 524 g/mol. The predicted octanol–water partition coefficient (Wildman–Crippen LogP) is 4.34. The average molecular weight is 525 g/mol. The Morgan fingerprint density at radius 2 is 1.73 bits per heavy atom. The van der Waals surface area contributed by atoms with Crippen LogP contribution in [-0.2, 0) is 21.3 Å². The van der Waals surface area contributed by atoms with Crippen LogP contribution in [0.4, 0.5) is 0 Å². The van der Waals surface area contributed by atoms with Crippen LogP contribution < -0.4 is 10.6 Å². The maximum Gasteiger partial charge on any atom is 0.203 e. The Morgan fingerprint density at radius 3 is 2.39 bits per heavy atom. The third-order valence-electron chi connectivity index (χ3n) is 4.28. The van der Waals surface area contributed by atoms with Gasteiger partial charge in [-0.25, -0.2) is 8.42 Å². The van der Waals surface area contributed by atoms with E-state index in [0.717, 1.165) is 28.6 Å². The molecule has 0 fully saturated rings. The summed E-state index contributed by atoms with van der Waals surface area (Å²) in [5.74, 6) is 3.44. The van der Waals surface area contributed by atoms with Crippen molar-refractivity contribution >= 4 is 45.0 Å². The highest BCUT2D eigenvalue weighted by Gasteiger charge is 2.12. The Morgan fingerprint density at radius 1 is 1.00 bits per heavy atom. The van der Waals surface area contributed by atoms with Gasteiger partial charge >= 0.3 is 0 Å². The first-order valence-electron chi connectivity index (χ1n) is 10.2. The summed E-state index contributed by atoms with van der Waals surface area (Å²) in [4.78, 5) is 4.54. The Hall–Kier alpha value is -2.14. The lowest BCUT2D eigenvalue weighted by atomic mass is 10.4. The highest BCUT2D eigenvalue weighted by atomic mass is 35.5. The molecule has 0 unspecified atom stereocenters. The van der Waals surface area contributed by atoms with E-state index in [1.165, 1.54) is 5.41 Å². The molecule has 2 heterocycles. The van der Waals surface area contributed by atoms with Gasteiger partial charge < -0.3 is 15.2 Å². The molecular weight excluding hydrogens is 500 g/mol. The van der Waals surface area contributed by atoms with Crippen molar-refractivity contribution in [2.45, 2.75) is 16.4 Å². The number of nitrogens with one attached hydrogen (secondary N) is 2. The minimum Gasteiger partial charge on any atom is -0.370 e. The number of sulfone groups is 1. The lowest BCUT2D eigenvalue weighted by Gasteiger charge is -2.14. The van der Waals surface area contributed by atoms with E-state index in [1.54, 1.807) is 72.4 Å². The molecule has 11 heteroatoms. The molecule has 0 aliphatic carbocycles. The lowest BCUT2D eigenvalue weighted by Crippen LogP contribution is -2.30. The molecule has 2 aromatic heterocycles. The molecule has 0 saturated carbocycles. The van der Waals surface area contributed by atoms with E-state index in [2.05, 4.69) is 20.8 Å². The van der Waals surface area contributed by atoms with E-state index in [9.17, 15) is 8.42 Å².